The molecule has 0 amide bonds. The lowest BCUT2D eigenvalue weighted by Gasteiger charge is -2.24. The number of nitrogens with two attached hydrogens (primary N) is 1. The Morgan fingerprint density at radius 1 is 1.40 bits per heavy atom. The third-order valence-corrected chi connectivity index (χ3v) is 4.24. The largest absolute Gasteiger partial charge is 0.327 e. The Morgan fingerprint density at radius 3 is 2.70 bits per heavy atom. The van der Waals surface area contributed by atoms with Gasteiger partial charge in [0, 0.05) is 23.7 Å². The average molecular weight is 295 g/mol. The summed E-state index contributed by atoms with van der Waals surface area (Å²) in [6, 6.07) is 4.50. The van der Waals surface area contributed by atoms with E-state index in [0.29, 0.717) is 23.0 Å². The van der Waals surface area contributed by atoms with Gasteiger partial charge in [-0.2, -0.15) is 0 Å². The topological polar surface area (TPSA) is 69.2 Å². The Balaban J connectivity index is 2.30. The van der Waals surface area contributed by atoms with Crippen molar-refractivity contribution in [1.29, 1.82) is 0 Å². The minimum Gasteiger partial charge on any atom is -0.327 e. The van der Waals surface area contributed by atoms with Crippen molar-refractivity contribution in [1.82, 2.24) is 0 Å². The Morgan fingerprint density at radius 2 is 2.10 bits per heavy atom. The van der Waals surface area contributed by atoms with Crippen molar-refractivity contribution in [3.63, 3.8) is 0 Å². The number of non-ortho nitro benzene ring substituents is 1. The summed E-state index contributed by atoms with van der Waals surface area (Å²) in [5, 5.41) is 11.4. The summed E-state index contributed by atoms with van der Waals surface area (Å²) < 4.78 is 0. The summed E-state index contributed by atoms with van der Waals surface area (Å²) in [4.78, 5) is 10.4. The van der Waals surface area contributed by atoms with Gasteiger partial charge in [-0.05, 0) is 30.4 Å². The Hall–Kier alpha value is -1.39. The lowest BCUT2D eigenvalue weighted by Crippen LogP contribution is -2.16. The minimum absolute atomic E-state index is 0.0562. The molecule has 4 nitrogen and oxygen atoms in total. The molecule has 1 aliphatic rings. The third kappa shape index (κ3) is 3.58. The highest BCUT2D eigenvalue weighted by Crippen LogP contribution is 2.32. The molecule has 0 unspecified atom stereocenters. The van der Waals surface area contributed by atoms with Crippen molar-refractivity contribution in [2.75, 3.05) is 6.54 Å². The number of hydrogen-bond acceptors (Lipinski definition) is 3. The van der Waals surface area contributed by atoms with Crippen LogP contribution in [0.25, 0.3) is 6.08 Å². The van der Waals surface area contributed by atoms with Gasteiger partial charge in [0.05, 0.1) is 4.92 Å². The molecule has 0 bridgehead atoms. The second-order valence-corrected chi connectivity index (χ2v) is 5.63. The molecule has 0 heterocycles. The first-order chi connectivity index (χ1) is 9.61. The van der Waals surface area contributed by atoms with Crippen LogP contribution in [0.5, 0.6) is 0 Å². The average Bonchev–Trinajstić information content (AvgIpc) is 2.47. The zero-order chi connectivity index (χ0) is 14.5. The van der Waals surface area contributed by atoms with Crippen LogP contribution < -0.4 is 5.73 Å². The van der Waals surface area contributed by atoms with Crippen molar-refractivity contribution in [2.24, 2.45) is 11.7 Å². The van der Waals surface area contributed by atoms with Crippen LogP contribution in [0.15, 0.2) is 23.8 Å². The summed E-state index contributed by atoms with van der Waals surface area (Å²) in [5.41, 5.74) is 7.74. The molecule has 0 atom stereocenters. The van der Waals surface area contributed by atoms with Crippen molar-refractivity contribution in [2.45, 2.75) is 32.1 Å². The van der Waals surface area contributed by atoms with Gasteiger partial charge in [-0.25, -0.2) is 0 Å². The van der Waals surface area contributed by atoms with Crippen LogP contribution in [-0.4, -0.2) is 11.5 Å². The fourth-order valence-electron chi connectivity index (χ4n) is 2.77. The minimum atomic E-state index is -0.406. The van der Waals surface area contributed by atoms with Gasteiger partial charge in [0.25, 0.3) is 5.69 Å². The number of nitro groups is 1. The van der Waals surface area contributed by atoms with E-state index in [-0.39, 0.29) is 5.69 Å². The van der Waals surface area contributed by atoms with Gasteiger partial charge in [0.2, 0.25) is 0 Å². The smallest absolute Gasteiger partial charge is 0.270 e. The molecule has 2 rings (SSSR count). The van der Waals surface area contributed by atoms with Crippen molar-refractivity contribution >= 4 is 23.4 Å². The van der Waals surface area contributed by atoms with E-state index in [1.165, 1.54) is 31.4 Å². The summed E-state index contributed by atoms with van der Waals surface area (Å²) in [6.07, 6.45) is 7.97. The molecule has 2 N–H and O–H groups in total. The summed E-state index contributed by atoms with van der Waals surface area (Å²) in [7, 11) is 0. The lowest BCUT2D eigenvalue weighted by atomic mass is 9.83. The Bertz CT molecular complexity index is 523. The third-order valence-electron chi connectivity index (χ3n) is 3.90. The molecule has 1 aliphatic carbocycles. The summed E-state index contributed by atoms with van der Waals surface area (Å²) in [6.45, 7) is 0.476. The van der Waals surface area contributed by atoms with Crippen LogP contribution >= 0.6 is 11.6 Å². The molecule has 0 aromatic heterocycles. The maximum absolute atomic E-state index is 10.8. The molecule has 0 saturated heterocycles. The highest BCUT2D eigenvalue weighted by atomic mass is 35.5. The zero-order valence-corrected chi connectivity index (χ0v) is 12.1. The highest BCUT2D eigenvalue weighted by molar-refractivity contribution is 6.32. The van der Waals surface area contributed by atoms with Crippen molar-refractivity contribution in [3.8, 4) is 0 Å². The number of nitrogens with zero attached hydrogens (tertiary/aromatic N) is 1. The zero-order valence-electron chi connectivity index (χ0n) is 11.3. The standard InChI is InChI=1S/C15H19ClN2O2/c16-15-7-6-14(18(19)20)9-12(15)8-13(10-17)11-4-2-1-3-5-11/h6-9,11H,1-5,10,17H2/b13-8-. The molecule has 1 saturated carbocycles. The molecule has 1 aromatic carbocycles. The van der Waals surface area contributed by atoms with E-state index in [9.17, 15) is 10.1 Å². The van der Waals surface area contributed by atoms with Gasteiger partial charge in [0.1, 0.15) is 0 Å². The second-order valence-electron chi connectivity index (χ2n) is 5.22. The van der Waals surface area contributed by atoms with E-state index in [4.69, 9.17) is 17.3 Å². The molecule has 20 heavy (non-hydrogen) atoms. The highest BCUT2D eigenvalue weighted by Gasteiger charge is 2.17. The van der Waals surface area contributed by atoms with Gasteiger partial charge in [-0.1, -0.05) is 42.5 Å². The molecule has 108 valence electrons. The number of rotatable bonds is 4. The van der Waals surface area contributed by atoms with Gasteiger partial charge < -0.3 is 5.73 Å². The Kier molecular flexibility index (Phi) is 5.15. The SMILES string of the molecule is NC/C(=C/c1cc([N+](=O)[O-])ccc1Cl)C1CCCCC1. The van der Waals surface area contributed by atoms with Gasteiger partial charge >= 0.3 is 0 Å². The molecule has 0 aliphatic heterocycles. The molecular weight excluding hydrogens is 276 g/mol. The van der Waals surface area contributed by atoms with Crippen LogP contribution in [0.3, 0.4) is 0 Å². The van der Waals surface area contributed by atoms with Crippen molar-refractivity contribution < 1.29 is 4.92 Å². The summed E-state index contributed by atoms with van der Waals surface area (Å²) in [5.74, 6) is 0.490. The molecule has 0 spiro atoms. The van der Waals surface area contributed by atoms with E-state index >= 15 is 0 Å². The number of halogens is 1. The van der Waals surface area contributed by atoms with Crippen LogP contribution in [-0.2, 0) is 0 Å². The van der Waals surface area contributed by atoms with Crippen molar-refractivity contribution in [3.05, 3.63) is 44.5 Å². The molecule has 1 fully saturated rings. The fraction of sp³-hybridized carbons (Fsp3) is 0.467. The molecule has 5 heteroatoms. The van der Waals surface area contributed by atoms with E-state index in [0.717, 1.165) is 18.4 Å². The van der Waals surface area contributed by atoms with Crippen LogP contribution in [0.4, 0.5) is 5.69 Å². The van der Waals surface area contributed by atoms with Gasteiger partial charge in [-0.3, -0.25) is 10.1 Å². The van der Waals surface area contributed by atoms with E-state index < -0.39 is 4.92 Å². The van der Waals surface area contributed by atoms with E-state index in [1.807, 2.05) is 6.08 Å². The number of nitro benzene ring substituents is 1. The first-order valence-electron chi connectivity index (χ1n) is 6.96. The Labute approximate surface area is 123 Å². The molecule has 1 aromatic rings. The summed E-state index contributed by atoms with van der Waals surface area (Å²) >= 11 is 6.13. The predicted octanol–water partition coefficient (Wildman–Crippen LogP) is 4.17. The van der Waals surface area contributed by atoms with Gasteiger partial charge in [0.15, 0.2) is 0 Å². The maximum atomic E-state index is 10.8. The lowest BCUT2D eigenvalue weighted by molar-refractivity contribution is -0.384. The van der Waals surface area contributed by atoms with Crippen LogP contribution in [0, 0.1) is 16.0 Å². The normalized spacial score (nSPS) is 17.2. The van der Waals surface area contributed by atoms with Crippen LogP contribution in [0.1, 0.15) is 37.7 Å². The fourth-order valence-corrected chi connectivity index (χ4v) is 2.94. The predicted molar refractivity (Wildman–Crippen MR) is 81.7 cm³/mol. The van der Waals surface area contributed by atoms with Crippen LogP contribution in [0.2, 0.25) is 5.02 Å². The molecule has 0 radical (unpaired) electrons. The first kappa shape index (κ1) is 15.0. The number of hydrogen-bond donors (Lipinski definition) is 1. The molecular formula is C15H19ClN2O2. The monoisotopic (exact) mass is 294 g/mol. The van der Waals surface area contributed by atoms with E-state index in [2.05, 4.69) is 0 Å². The quantitative estimate of drug-likeness (QED) is 0.669. The van der Waals surface area contributed by atoms with Gasteiger partial charge in [-0.15, -0.1) is 0 Å². The maximum Gasteiger partial charge on any atom is 0.270 e. The number of benzene rings is 1. The first-order valence-corrected chi connectivity index (χ1v) is 7.34. The van der Waals surface area contributed by atoms with E-state index in [1.54, 1.807) is 6.07 Å². The second kappa shape index (κ2) is 6.86.